The first kappa shape index (κ1) is 13.6. The molecule has 18 heavy (non-hydrogen) atoms. The van der Waals surface area contributed by atoms with Gasteiger partial charge in [0.1, 0.15) is 11.3 Å². The van der Waals surface area contributed by atoms with Crippen molar-refractivity contribution in [2.45, 2.75) is 13.8 Å². The first-order valence-corrected chi connectivity index (χ1v) is 5.12. The molecule has 5 heteroatoms. The van der Waals surface area contributed by atoms with Crippen LogP contribution in [-0.4, -0.2) is 27.7 Å². The van der Waals surface area contributed by atoms with Crippen LogP contribution in [0, 0.1) is 0 Å². The minimum Gasteiger partial charge on any atom is -0.507 e. The number of carboxylic acid groups (broad SMARTS) is 1. The van der Waals surface area contributed by atoms with Crippen molar-refractivity contribution in [1.82, 2.24) is 0 Å². The van der Waals surface area contributed by atoms with E-state index in [9.17, 15) is 19.5 Å². The molecule has 0 spiro atoms. The summed E-state index contributed by atoms with van der Waals surface area (Å²) in [6.45, 7) is 2.51. The van der Waals surface area contributed by atoms with Gasteiger partial charge in [-0.25, -0.2) is 4.79 Å². The van der Waals surface area contributed by atoms with Crippen LogP contribution in [0.4, 0.5) is 0 Å². The number of hydrogen-bond donors (Lipinski definition) is 2. The Hall–Kier alpha value is -2.43. The molecule has 0 aromatic heterocycles. The number of carbonyl (C=O) groups is 3. The monoisotopic (exact) mass is 248 g/mol. The van der Waals surface area contributed by atoms with Gasteiger partial charge in [0.25, 0.3) is 0 Å². The lowest BCUT2D eigenvalue weighted by Gasteiger charge is -2.02. The van der Waals surface area contributed by atoms with Gasteiger partial charge in [0.05, 0.1) is 5.57 Å². The highest BCUT2D eigenvalue weighted by atomic mass is 16.4. The third-order valence-corrected chi connectivity index (χ3v) is 2.32. The maximum atomic E-state index is 11.2. The molecular formula is C13H12O5. The van der Waals surface area contributed by atoms with Crippen LogP contribution < -0.4 is 0 Å². The number of carboxylic acids is 1. The molecule has 0 saturated carbocycles. The fourth-order valence-corrected chi connectivity index (χ4v) is 1.43. The highest BCUT2D eigenvalue weighted by molar-refractivity contribution is 6.21. The van der Waals surface area contributed by atoms with Crippen LogP contribution in [0.5, 0.6) is 5.75 Å². The second-order valence-corrected chi connectivity index (χ2v) is 3.75. The fraction of sp³-hybridized carbons (Fsp3) is 0.154. The van der Waals surface area contributed by atoms with Crippen LogP contribution in [0.1, 0.15) is 29.8 Å². The summed E-state index contributed by atoms with van der Waals surface area (Å²) < 4.78 is 0. The summed E-state index contributed by atoms with van der Waals surface area (Å²) in [4.78, 5) is 33.3. The van der Waals surface area contributed by atoms with E-state index in [2.05, 4.69) is 0 Å². The molecule has 0 aliphatic heterocycles. The number of aromatic hydroxyl groups is 1. The van der Waals surface area contributed by atoms with Crippen molar-refractivity contribution in [1.29, 1.82) is 0 Å². The van der Waals surface area contributed by atoms with E-state index < -0.39 is 17.5 Å². The molecule has 0 bridgehead atoms. The van der Waals surface area contributed by atoms with Crippen molar-refractivity contribution in [3.05, 3.63) is 34.9 Å². The molecule has 0 heterocycles. The van der Waals surface area contributed by atoms with E-state index in [1.165, 1.54) is 38.1 Å². The quantitative estimate of drug-likeness (QED) is 0.480. The highest BCUT2D eigenvalue weighted by Gasteiger charge is 2.12. The van der Waals surface area contributed by atoms with Crippen molar-refractivity contribution < 1.29 is 24.6 Å². The predicted molar refractivity (Wildman–Crippen MR) is 64.4 cm³/mol. The Morgan fingerprint density at radius 3 is 2.11 bits per heavy atom. The molecular weight excluding hydrogens is 236 g/mol. The van der Waals surface area contributed by atoms with Crippen molar-refractivity contribution in [3.8, 4) is 5.75 Å². The zero-order valence-corrected chi connectivity index (χ0v) is 9.93. The zero-order chi connectivity index (χ0) is 13.9. The molecule has 0 radical (unpaired) electrons. The molecule has 0 unspecified atom stereocenters. The predicted octanol–water partition coefficient (Wildman–Crippen LogP) is 1.65. The number of Topliss-reactive ketones (excluding diaryl/α,β-unsaturated/α-hetero) is 2. The summed E-state index contributed by atoms with van der Waals surface area (Å²) in [5.41, 5.74) is 0.0674. The van der Waals surface area contributed by atoms with Crippen molar-refractivity contribution in [2.75, 3.05) is 0 Å². The Bertz CT molecular complexity index is 539. The largest absolute Gasteiger partial charge is 0.507 e. The number of hydrogen-bond acceptors (Lipinski definition) is 4. The maximum Gasteiger partial charge on any atom is 0.339 e. The third-order valence-electron chi connectivity index (χ3n) is 2.32. The normalized spacial score (nSPS) is 9.67. The van der Waals surface area contributed by atoms with Gasteiger partial charge in [0.15, 0.2) is 11.6 Å². The Labute approximate surface area is 103 Å². The second kappa shape index (κ2) is 5.27. The van der Waals surface area contributed by atoms with E-state index in [4.69, 9.17) is 5.11 Å². The molecule has 0 saturated heterocycles. The van der Waals surface area contributed by atoms with Gasteiger partial charge in [-0.15, -0.1) is 0 Å². The number of phenols is 1. The van der Waals surface area contributed by atoms with Crippen molar-refractivity contribution >= 4 is 23.6 Å². The van der Waals surface area contributed by atoms with Gasteiger partial charge in [0, 0.05) is 0 Å². The van der Waals surface area contributed by atoms with Crippen LogP contribution >= 0.6 is 0 Å². The first-order chi connectivity index (χ1) is 8.32. The molecule has 0 aliphatic carbocycles. The van der Waals surface area contributed by atoms with Crippen LogP contribution in [0.2, 0.25) is 0 Å². The third kappa shape index (κ3) is 3.04. The Morgan fingerprint density at radius 2 is 1.67 bits per heavy atom. The number of benzene rings is 1. The number of carbonyl (C=O) groups excluding carboxylic acids is 2. The Kier molecular flexibility index (Phi) is 3.99. The van der Waals surface area contributed by atoms with Gasteiger partial charge >= 0.3 is 5.97 Å². The van der Waals surface area contributed by atoms with Crippen LogP contribution in [-0.2, 0) is 9.59 Å². The van der Waals surface area contributed by atoms with Gasteiger partial charge in [-0.1, -0.05) is 6.07 Å². The zero-order valence-electron chi connectivity index (χ0n) is 9.93. The number of allylic oxidation sites excluding steroid dienone is 1. The average molecular weight is 248 g/mol. The Morgan fingerprint density at radius 1 is 1.11 bits per heavy atom. The molecule has 2 N–H and O–H groups in total. The SMILES string of the molecule is CC(=O)C(=Cc1ccc(O)c(C(=O)O)c1)C(C)=O. The summed E-state index contributed by atoms with van der Waals surface area (Å²) >= 11 is 0. The van der Waals surface area contributed by atoms with E-state index in [1.807, 2.05) is 0 Å². The minimum absolute atomic E-state index is 0.0166. The molecule has 1 aromatic rings. The lowest BCUT2D eigenvalue weighted by atomic mass is 10.0. The Balaban J connectivity index is 3.30. The fourth-order valence-electron chi connectivity index (χ4n) is 1.43. The van der Waals surface area contributed by atoms with Crippen LogP contribution in [0.25, 0.3) is 6.08 Å². The van der Waals surface area contributed by atoms with Crippen LogP contribution in [0.15, 0.2) is 23.8 Å². The average Bonchev–Trinajstić information content (AvgIpc) is 2.26. The smallest absolute Gasteiger partial charge is 0.339 e. The maximum absolute atomic E-state index is 11.2. The number of ketones is 2. The summed E-state index contributed by atoms with van der Waals surface area (Å²) in [5.74, 6) is -2.44. The van der Waals surface area contributed by atoms with E-state index >= 15 is 0 Å². The first-order valence-electron chi connectivity index (χ1n) is 5.12. The summed E-state index contributed by atoms with van der Waals surface area (Å²) in [7, 11) is 0. The topological polar surface area (TPSA) is 91.7 Å². The number of rotatable bonds is 4. The minimum atomic E-state index is -1.28. The molecule has 0 amide bonds. The standard InChI is InChI=1S/C13H12O5/c1-7(14)10(8(2)15)5-9-3-4-12(16)11(6-9)13(17)18/h3-6,16H,1-2H3,(H,17,18). The van der Waals surface area contributed by atoms with Crippen molar-refractivity contribution in [3.63, 3.8) is 0 Å². The highest BCUT2D eigenvalue weighted by Crippen LogP contribution is 2.20. The molecule has 5 nitrogen and oxygen atoms in total. The van der Waals surface area contributed by atoms with Gasteiger partial charge in [-0.05, 0) is 37.6 Å². The molecule has 0 fully saturated rings. The van der Waals surface area contributed by atoms with E-state index in [0.29, 0.717) is 5.56 Å². The second-order valence-electron chi connectivity index (χ2n) is 3.75. The molecule has 0 atom stereocenters. The van der Waals surface area contributed by atoms with Crippen LogP contribution in [0.3, 0.4) is 0 Å². The molecule has 1 aromatic carbocycles. The van der Waals surface area contributed by atoms with Gasteiger partial charge in [-0.2, -0.15) is 0 Å². The van der Waals surface area contributed by atoms with Gasteiger partial charge in [0.2, 0.25) is 0 Å². The van der Waals surface area contributed by atoms with E-state index in [-0.39, 0.29) is 16.9 Å². The lowest BCUT2D eigenvalue weighted by Crippen LogP contribution is -2.06. The lowest BCUT2D eigenvalue weighted by molar-refractivity contribution is -0.119. The molecule has 94 valence electrons. The molecule has 1 rings (SSSR count). The molecule has 0 aliphatic rings. The summed E-state index contributed by atoms with van der Waals surface area (Å²) in [6, 6.07) is 3.82. The van der Waals surface area contributed by atoms with E-state index in [1.54, 1.807) is 0 Å². The van der Waals surface area contributed by atoms with Gasteiger partial charge < -0.3 is 10.2 Å². The summed E-state index contributed by atoms with van der Waals surface area (Å²) in [6.07, 6.45) is 1.30. The summed E-state index contributed by atoms with van der Waals surface area (Å²) in [5, 5.41) is 18.2. The number of aromatic carboxylic acids is 1. The van der Waals surface area contributed by atoms with Crippen molar-refractivity contribution in [2.24, 2.45) is 0 Å². The van der Waals surface area contributed by atoms with E-state index in [0.717, 1.165) is 0 Å². The van der Waals surface area contributed by atoms with Gasteiger partial charge in [-0.3, -0.25) is 9.59 Å².